The first-order valence-electron chi connectivity index (χ1n) is 4.23. The molecule has 0 aromatic carbocycles. The summed E-state index contributed by atoms with van der Waals surface area (Å²) in [6.45, 7) is 4.66. The molecular formula is C10H16O. The SMILES string of the molecule is CC(C)C1=CC[C@@H](CO)C=C1. The zero-order chi connectivity index (χ0) is 8.27. The van der Waals surface area contributed by atoms with Gasteiger partial charge in [-0.2, -0.15) is 0 Å². The van der Waals surface area contributed by atoms with Gasteiger partial charge in [0.25, 0.3) is 0 Å². The van der Waals surface area contributed by atoms with Crippen LogP contribution in [0.4, 0.5) is 0 Å². The summed E-state index contributed by atoms with van der Waals surface area (Å²) in [4.78, 5) is 0. The Balaban J connectivity index is 2.53. The molecule has 1 atom stereocenters. The van der Waals surface area contributed by atoms with Gasteiger partial charge in [-0.3, -0.25) is 0 Å². The topological polar surface area (TPSA) is 20.2 Å². The first-order valence-corrected chi connectivity index (χ1v) is 4.23. The number of rotatable bonds is 2. The van der Waals surface area contributed by atoms with E-state index in [1.165, 1.54) is 5.57 Å². The van der Waals surface area contributed by atoms with Crippen molar-refractivity contribution in [2.45, 2.75) is 20.3 Å². The highest BCUT2D eigenvalue weighted by Crippen LogP contribution is 2.20. The quantitative estimate of drug-likeness (QED) is 0.642. The zero-order valence-corrected chi connectivity index (χ0v) is 7.25. The molecule has 0 amide bonds. The average molecular weight is 152 g/mol. The molecule has 0 fully saturated rings. The first-order chi connectivity index (χ1) is 5.24. The lowest BCUT2D eigenvalue weighted by Crippen LogP contribution is -2.06. The van der Waals surface area contributed by atoms with Gasteiger partial charge in [0.15, 0.2) is 0 Å². The standard InChI is InChI=1S/C10H16O/c1-8(2)10-5-3-9(7-11)4-6-10/h3,5-6,8-9,11H,4,7H2,1-2H3/t9-/m0/s1. The van der Waals surface area contributed by atoms with Crippen LogP contribution in [0.2, 0.25) is 0 Å². The Morgan fingerprint density at radius 2 is 2.36 bits per heavy atom. The van der Waals surface area contributed by atoms with E-state index in [1.807, 2.05) is 0 Å². The van der Waals surface area contributed by atoms with Crippen molar-refractivity contribution in [2.75, 3.05) is 6.61 Å². The molecule has 1 aliphatic rings. The van der Waals surface area contributed by atoms with Crippen LogP contribution in [-0.4, -0.2) is 11.7 Å². The van der Waals surface area contributed by atoms with Gasteiger partial charge in [-0.05, 0) is 17.9 Å². The normalized spacial score (nSPS) is 24.0. The molecule has 0 unspecified atom stereocenters. The van der Waals surface area contributed by atoms with Crippen molar-refractivity contribution in [1.29, 1.82) is 0 Å². The van der Waals surface area contributed by atoms with Gasteiger partial charge >= 0.3 is 0 Å². The summed E-state index contributed by atoms with van der Waals surface area (Å²) in [6.07, 6.45) is 7.47. The molecule has 0 spiro atoms. The van der Waals surface area contributed by atoms with Gasteiger partial charge in [0, 0.05) is 12.5 Å². The van der Waals surface area contributed by atoms with Crippen molar-refractivity contribution >= 4 is 0 Å². The van der Waals surface area contributed by atoms with Crippen LogP contribution in [0.15, 0.2) is 23.8 Å². The predicted octanol–water partition coefficient (Wildman–Crippen LogP) is 2.14. The molecule has 1 heteroatoms. The fraction of sp³-hybridized carbons (Fsp3) is 0.600. The first kappa shape index (κ1) is 8.54. The second-order valence-electron chi connectivity index (χ2n) is 3.40. The molecule has 62 valence electrons. The number of aliphatic hydroxyl groups is 1. The van der Waals surface area contributed by atoms with Crippen LogP contribution in [0.1, 0.15) is 20.3 Å². The number of allylic oxidation sites excluding steroid dienone is 3. The van der Waals surface area contributed by atoms with Crippen LogP contribution >= 0.6 is 0 Å². The van der Waals surface area contributed by atoms with Gasteiger partial charge in [0.2, 0.25) is 0 Å². The number of hydrogen-bond donors (Lipinski definition) is 1. The van der Waals surface area contributed by atoms with Crippen molar-refractivity contribution in [3.05, 3.63) is 23.8 Å². The Labute approximate surface area is 68.4 Å². The Bertz CT molecular complexity index is 177. The summed E-state index contributed by atoms with van der Waals surface area (Å²) in [5, 5.41) is 8.84. The molecule has 1 nitrogen and oxygen atoms in total. The molecule has 1 N–H and O–H groups in total. The largest absolute Gasteiger partial charge is 0.396 e. The third-order valence-corrected chi connectivity index (χ3v) is 2.12. The Morgan fingerprint density at radius 3 is 2.73 bits per heavy atom. The third-order valence-electron chi connectivity index (χ3n) is 2.12. The van der Waals surface area contributed by atoms with Gasteiger partial charge in [0.05, 0.1) is 0 Å². The van der Waals surface area contributed by atoms with Crippen LogP contribution in [-0.2, 0) is 0 Å². The molecule has 1 aliphatic carbocycles. The monoisotopic (exact) mass is 152 g/mol. The molecule has 0 aliphatic heterocycles. The van der Waals surface area contributed by atoms with Gasteiger partial charge in [-0.25, -0.2) is 0 Å². The van der Waals surface area contributed by atoms with Crippen molar-refractivity contribution in [1.82, 2.24) is 0 Å². The molecule has 0 heterocycles. The van der Waals surface area contributed by atoms with Crippen molar-refractivity contribution in [3.8, 4) is 0 Å². The fourth-order valence-corrected chi connectivity index (χ4v) is 1.24. The van der Waals surface area contributed by atoms with E-state index in [2.05, 4.69) is 32.1 Å². The van der Waals surface area contributed by atoms with Crippen LogP contribution in [0, 0.1) is 11.8 Å². The molecule has 0 aromatic rings. The maximum atomic E-state index is 8.84. The average Bonchev–Trinajstić information content (AvgIpc) is 2.05. The smallest absolute Gasteiger partial charge is 0.0496 e. The molecule has 11 heavy (non-hydrogen) atoms. The fourth-order valence-electron chi connectivity index (χ4n) is 1.24. The lowest BCUT2D eigenvalue weighted by Gasteiger charge is -2.15. The predicted molar refractivity (Wildman–Crippen MR) is 47.3 cm³/mol. The number of hydrogen-bond acceptors (Lipinski definition) is 1. The molecule has 0 radical (unpaired) electrons. The van der Waals surface area contributed by atoms with E-state index in [4.69, 9.17) is 5.11 Å². The minimum atomic E-state index is 0.276. The molecule has 0 saturated heterocycles. The second kappa shape index (κ2) is 3.72. The Hall–Kier alpha value is -0.560. The van der Waals surface area contributed by atoms with E-state index in [0.29, 0.717) is 11.8 Å². The van der Waals surface area contributed by atoms with Crippen LogP contribution in [0.5, 0.6) is 0 Å². The zero-order valence-electron chi connectivity index (χ0n) is 7.25. The molecule has 0 bridgehead atoms. The summed E-state index contributed by atoms with van der Waals surface area (Å²) < 4.78 is 0. The van der Waals surface area contributed by atoms with Crippen LogP contribution in [0.3, 0.4) is 0 Å². The van der Waals surface area contributed by atoms with Gasteiger partial charge in [-0.1, -0.05) is 32.1 Å². The van der Waals surface area contributed by atoms with E-state index in [1.54, 1.807) is 0 Å². The minimum Gasteiger partial charge on any atom is -0.396 e. The molecule has 0 aromatic heterocycles. The summed E-state index contributed by atoms with van der Waals surface area (Å²) in [5.41, 5.74) is 1.40. The highest BCUT2D eigenvalue weighted by atomic mass is 16.3. The summed E-state index contributed by atoms with van der Waals surface area (Å²) in [5.74, 6) is 0.975. The summed E-state index contributed by atoms with van der Waals surface area (Å²) >= 11 is 0. The minimum absolute atomic E-state index is 0.276. The third kappa shape index (κ3) is 2.19. The molecular weight excluding hydrogens is 136 g/mol. The van der Waals surface area contributed by atoms with E-state index < -0.39 is 0 Å². The summed E-state index contributed by atoms with van der Waals surface area (Å²) in [7, 11) is 0. The van der Waals surface area contributed by atoms with Gasteiger partial charge in [-0.15, -0.1) is 0 Å². The number of aliphatic hydroxyl groups excluding tert-OH is 1. The maximum Gasteiger partial charge on any atom is 0.0496 e. The highest BCUT2D eigenvalue weighted by molar-refractivity contribution is 5.25. The van der Waals surface area contributed by atoms with Crippen LogP contribution < -0.4 is 0 Å². The van der Waals surface area contributed by atoms with E-state index in [9.17, 15) is 0 Å². The van der Waals surface area contributed by atoms with E-state index in [-0.39, 0.29) is 6.61 Å². The van der Waals surface area contributed by atoms with Gasteiger partial charge in [0.1, 0.15) is 0 Å². The Morgan fingerprint density at radius 1 is 1.64 bits per heavy atom. The Kier molecular flexibility index (Phi) is 2.89. The lowest BCUT2D eigenvalue weighted by molar-refractivity contribution is 0.252. The van der Waals surface area contributed by atoms with E-state index in [0.717, 1.165) is 6.42 Å². The van der Waals surface area contributed by atoms with Crippen molar-refractivity contribution < 1.29 is 5.11 Å². The molecule has 0 saturated carbocycles. The lowest BCUT2D eigenvalue weighted by atomic mass is 9.92. The van der Waals surface area contributed by atoms with Crippen molar-refractivity contribution in [3.63, 3.8) is 0 Å². The van der Waals surface area contributed by atoms with Crippen molar-refractivity contribution in [2.24, 2.45) is 11.8 Å². The second-order valence-corrected chi connectivity index (χ2v) is 3.40. The summed E-state index contributed by atoms with van der Waals surface area (Å²) in [6, 6.07) is 0. The van der Waals surface area contributed by atoms with E-state index >= 15 is 0 Å². The maximum absolute atomic E-state index is 8.84. The van der Waals surface area contributed by atoms with Gasteiger partial charge < -0.3 is 5.11 Å². The van der Waals surface area contributed by atoms with Crippen LogP contribution in [0.25, 0.3) is 0 Å². The molecule has 1 rings (SSSR count). The highest BCUT2D eigenvalue weighted by Gasteiger charge is 2.08.